The first kappa shape index (κ1) is 12.7. The highest BCUT2D eigenvalue weighted by molar-refractivity contribution is 7.89. The van der Waals surface area contributed by atoms with Crippen molar-refractivity contribution in [3.8, 4) is 11.4 Å². The van der Waals surface area contributed by atoms with Gasteiger partial charge >= 0.3 is 0 Å². The third-order valence-electron chi connectivity index (χ3n) is 2.32. The van der Waals surface area contributed by atoms with E-state index >= 15 is 0 Å². The Labute approximate surface area is 104 Å². The molecule has 2 heterocycles. The van der Waals surface area contributed by atoms with E-state index in [4.69, 9.17) is 5.14 Å². The van der Waals surface area contributed by atoms with Crippen LogP contribution in [0.5, 0.6) is 0 Å². The number of hydrogen-bond acceptors (Lipinski definition) is 5. The first-order chi connectivity index (χ1) is 8.21. The summed E-state index contributed by atoms with van der Waals surface area (Å²) in [6, 6.07) is 0. The van der Waals surface area contributed by atoms with Crippen LogP contribution in [0.2, 0.25) is 0 Å². The Bertz CT molecular complexity index is 650. The average Bonchev–Trinajstić information content (AvgIpc) is 2.83. The molecule has 2 aromatic rings. The number of H-pyrrole nitrogens is 1. The number of primary sulfonamides is 1. The van der Waals surface area contributed by atoms with Gasteiger partial charge < -0.3 is 0 Å². The van der Waals surface area contributed by atoms with Crippen LogP contribution in [0.15, 0.2) is 17.6 Å². The van der Waals surface area contributed by atoms with Crippen molar-refractivity contribution in [1.29, 1.82) is 0 Å². The third kappa shape index (κ3) is 2.14. The zero-order valence-corrected chi connectivity index (χ0v) is 11.1. The molecule has 2 rings (SSSR count). The molecule has 0 unspecified atom stereocenters. The summed E-state index contributed by atoms with van der Waals surface area (Å²) in [5.74, 6) is 0.403. The van der Waals surface area contributed by atoms with E-state index in [-0.39, 0.29) is 5.16 Å². The smallest absolute Gasteiger partial charge is 0.273 e. The summed E-state index contributed by atoms with van der Waals surface area (Å²) in [6.07, 6.45) is 3.15. The van der Waals surface area contributed by atoms with Gasteiger partial charge in [-0.1, -0.05) is 0 Å². The van der Waals surface area contributed by atoms with Gasteiger partial charge in [0.05, 0.1) is 11.8 Å². The topological polar surface area (TPSA) is 120 Å². The number of nitrogens with one attached hydrogen (secondary N) is 1. The molecule has 0 atom stereocenters. The summed E-state index contributed by atoms with van der Waals surface area (Å²) in [5.41, 5.74) is 0.116. The third-order valence-corrected chi connectivity index (χ3v) is 3.09. The SMILES string of the molecule is CC(C)(C)n1c(-c2cn[nH]c2)nnc1S(N)(=O)=O. The van der Waals surface area contributed by atoms with Gasteiger partial charge in [-0.25, -0.2) is 13.6 Å². The van der Waals surface area contributed by atoms with Crippen LogP contribution in [0.3, 0.4) is 0 Å². The number of rotatable bonds is 2. The standard InChI is InChI=1S/C9H14N6O2S/c1-9(2,3)15-7(6-4-11-12-5-6)13-14-8(15)18(10,16)17/h4-5H,1-3H3,(H,11,12)(H2,10,16,17). The molecule has 0 saturated heterocycles. The molecule has 3 N–H and O–H groups in total. The summed E-state index contributed by atoms with van der Waals surface area (Å²) in [7, 11) is -3.93. The lowest BCUT2D eigenvalue weighted by Crippen LogP contribution is -2.29. The second-order valence-corrected chi connectivity index (χ2v) is 6.30. The highest BCUT2D eigenvalue weighted by Crippen LogP contribution is 2.26. The summed E-state index contributed by atoms with van der Waals surface area (Å²) in [4.78, 5) is 0. The molecule has 0 aliphatic carbocycles. The highest BCUT2D eigenvalue weighted by Gasteiger charge is 2.29. The van der Waals surface area contributed by atoms with E-state index in [1.807, 2.05) is 20.8 Å². The molecular formula is C9H14N6O2S. The monoisotopic (exact) mass is 270 g/mol. The van der Waals surface area contributed by atoms with E-state index in [0.717, 1.165) is 0 Å². The van der Waals surface area contributed by atoms with Crippen LogP contribution in [0.25, 0.3) is 11.4 Å². The Morgan fingerprint density at radius 3 is 2.44 bits per heavy atom. The molecule has 0 fully saturated rings. The number of aromatic nitrogens is 5. The minimum Gasteiger partial charge on any atom is -0.291 e. The Balaban J connectivity index is 2.75. The Hall–Kier alpha value is -1.74. The number of nitrogens with two attached hydrogens (primary N) is 1. The Morgan fingerprint density at radius 2 is 2.00 bits per heavy atom. The lowest BCUT2D eigenvalue weighted by Gasteiger charge is -2.23. The maximum Gasteiger partial charge on any atom is 0.273 e. The second-order valence-electron chi connectivity index (χ2n) is 4.84. The number of hydrogen-bond donors (Lipinski definition) is 2. The Kier molecular flexibility index (Phi) is 2.74. The molecular weight excluding hydrogens is 256 g/mol. The zero-order valence-electron chi connectivity index (χ0n) is 10.2. The molecule has 8 nitrogen and oxygen atoms in total. The number of nitrogens with zero attached hydrogens (tertiary/aromatic N) is 4. The second kappa shape index (κ2) is 3.89. The van der Waals surface area contributed by atoms with Crippen LogP contribution >= 0.6 is 0 Å². The van der Waals surface area contributed by atoms with Gasteiger partial charge in [0, 0.05) is 11.7 Å². The summed E-state index contributed by atoms with van der Waals surface area (Å²) in [5, 5.41) is 18.9. The summed E-state index contributed by atoms with van der Waals surface area (Å²) < 4.78 is 24.5. The van der Waals surface area contributed by atoms with Crippen molar-refractivity contribution in [2.75, 3.05) is 0 Å². The number of aromatic amines is 1. The normalized spacial score (nSPS) is 12.9. The maximum atomic E-state index is 11.5. The van der Waals surface area contributed by atoms with Gasteiger partial charge in [0.1, 0.15) is 0 Å². The van der Waals surface area contributed by atoms with E-state index in [2.05, 4.69) is 20.4 Å². The van der Waals surface area contributed by atoms with Crippen LogP contribution < -0.4 is 5.14 Å². The van der Waals surface area contributed by atoms with Gasteiger partial charge in [-0.2, -0.15) is 5.10 Å². The fraction of sp³-hybridized carbons (Fsp3) is 0.444. The molecule has 9 heteroatoms. The molecule has 0 aromatic carbocycles. The van der Waals surface area contributed by atoms with Gasteiger partial charge in [-0.3, -0.25) is 9.67 Å². The van der Waals surface area contributed by atoms with Crippen molar-refractivity contribution >= 4 is 10.0 Å². The minimum absolute atomic E-state index is 0.258. The van der Waals surface area contributed by atoms with Crippen molar-refractivity contribution in [2.45, 2.75) is 31.5 Å². The van der Waals surface area contributed by atoms with Crippen molar-refractivity contribution < 1.29 is 8.42 Å². The zero-order chi connectivity index (χ0) is 13.6. The van der Waals surface area contributed by atoms with E-state index in [1.54, 1.807) is 12.4 Å². The largest absolute Gasteiger partial charge is 0.291 e. The predicted molar refractivity (Wildman–Crippen MR) is 64.0 cm³/mol. The van der Waals surface area contributed by atoms with Crippen molar-refractivity contribution in [3.05, 3.63) is 12.4 Å². The van der Waals surface area contributed by atoms with Gasteiger partial charge in [0.25, 0.3) is 15.2 Å². The molecule has 0 bridgehead atoms. The first-order valence-corrected chi connectivity index (χ1v) is 6.74. The minimum atomic E-state index is -3.93. The van der Waals surface area contributed by atoms with Crippen molar-refractivity contribution in [1.82, 2.24) is 25.0 Å². The molecule has 0 amide bonds. The quantitative estimate of drug-likeness (QED) is 0.800. The van der Waals surface area contributed by atoms with E-state index < -0.39 is 15.6 Å². The van der Waals surface area contributed by atoms with Crippen molar-refractivity contribution in [2.24, 2.45) is 5.14 Å². The van der Waals surface area contributed by atoms with Gasteiger partial charge in [0.2, 0.25) is 0 Å². The molecule has 98 valence electrons. The predicted octanol–water partition coefficient (Wildman–Crippen LogP) is 0.0706. The van der Waals surface area contributed by atoms with Crippen molar-refractivity contribution in [3.63, 3.8) is 0 Å². The summed E-state index contributed by atoms with van der Waals surface area (Å²) in [6.45, 7) is 5.53. The average molecular weight is 270 g/mol. The van der Waals surface area contributed by atoms with Gasteiger partial charge in [-0.15, -0.1) is 10.2 Å². The van der Waals surface area contributed by atoms with E-state index in [1.165, 1.54) is 4.57 Å². The van der Waals surface area contributed by atoms with Crippen LogP contribution in [-0.2, 0) is 15.6 Å². The molecule has 0 saturated carbocycles. The lowest BCUT2D eigenvalue weighted by molar-refractivity contribution is 0.366. The van der Waals surface area contributed by atoms with Crippen LogP contribution in [0.4, 0.5) is 0 Å². The Morgan fingerprint density at radius 1 is 1.33 bits per heavy atom. The molecule has 0 aliphatic rings. The molecule has 0 radical (unpaired) electrons. The van der Waals surface area contributed by atoms with Crippen LogP contribution in [0.1, 0.15) is 20.8 Å². The highest BCUT2D eigenvalue weighted by atomic mass is 32.2. The lowest BCUT2D eigenvalue weighted by atomic mass is 10.1. The fourth-order valence-corrected chi connectivity index (χ4v) is 2.39. The fourth-order valence-electron chi connectivity index (χ4n) is 1.62. The molecule has 0 aliphatic heterocycles. The van der Waals surface area contributed by atoms with Crippen LogP contribution in [0, 0.1) is 0 Å². The van der Waals surface area contributed by atoms with E-state index in [0.29, 0.717) is 11.4 Å². The summed E-state index contributed by atoms with van der Waals surface area (Å²) >= 11 is 0. The van der Waals surface area contributed by atoms with Gasteiger partial charge in [0.15, 0.2) is 5.82 Å². The van der Waals surface area contributed by atoms with Gasteiger partial charge in [-0.05, 0) is 20.8 Å². The first-order valence-electron chi connectivity index (χ1n) is 5.19. The van der Waals surface area contributed by atoms with Crippen LogP contribution in [-0.4, -0.2) is 33.4 Å². The maximum absolute atomic E-state index is 11.5. The number of sulfonamides is 1. The molecule has 18 heavy (non-hydrogen) atoms. The molecule has 0 spiro atoms. The molecule has 2 aromatic heterocycles. The van der Waals surface area contributed by atoms with E-state index in [9.17, 15) is 8.42 Å².